The lowest BCUT2D eigenvalue weighted by Gasteiger charge is -2.13. The normalized spacial score (nSPS) is 17.7. The first-order chi connectivity index (χ1) is 5.33. The van der Waals surface area contributed by atoms with Gasteiger partial charge in [-0.2, -0.15) is 0 Å². The van der Waals surface area contributed by atoms with Gasteiger partial charge >= 0.3 is 0 Å². The molecule has 0 aromatic heterocycles. The fraction of sp³-hybridized carbons (Fsp3) is 1.00. The molecule has 0 aliphatic heterocycles. The van der Waals surface area contributed by atoms with Crippen LogP contribution in [-0.4, -0.2) is 21.6 Å². The summed E-state index contributed by atoms with van der Waals surface area (Å²) >= 11 is 1.49. The largest absolute Gasteiger partial charge is 0.289 e. The van der Waals surface area contributed by atoms with Crippen molar-refractivity contribution in [2.45, 2.75) is 37.9 Å². The summed E-state index contributed by atoms with van der Waals surface area (Å²) in [4.78, 5) is 0. The number of hydrazine groups is 1. The Morgan fingerprint density at radius 2 is 2.36 bits per heavy atom. The number of hydrogen-bond donors (Lipinski definition) is 2. The Balaban J connectivity index is 1.87. The Kier molecular flexibility index (Phi) is 4.22. The lowest BCUT2D eigenvalue weighted by atomic mass is 10.3. The molecule has 0 amide bonds. The van der Waals surface area contributed by atoms with E-state index >= 15 is 0 Å². The summed E-state index contributed by atoms with van der Waals surface area (Å²) < 4.78 is 1.16. The zero-order valence-corrected chi connectivity index (χ0v) is 7.73. The first-order valence-electron chi connectivity index (χ1n) is 4.22. The fourth-order valence-electron chi connectivity index (χ4n) is 0.703. The molecule has 0 unspecified atom stereocenters. The van der Waals surface area contributed by atoms with Crippen LogP contribution in [0.25, 0.3) is 0 Å². The van der Waals surface area contributed by atoms with Crippen LogP contribution in [0.3, 0.4) is 0 Å². The van der Waals surface area contributed by atoms with Crippen LogP contribution in [0, 0.1) is 0 Å². The van der Waals surface area contributed by atoms with E-state index in [-0.39, 0.29) is 0 Å². The number of unbranched alkanes of at least 4 members (excludes halogenated alkanes) is 1. The van der Waals surface area contributed by atoms with E-state index < -0.39 is 0 Å². The van der Waals surface area contributed by atoms with Gasteiger partial charge in [0.05, 0.1) is 0 Å². The maximum Gasteiger partial charge on any atom is 0.0232 e. The van der Waals surface area contributed by atoms with E-state index in [9.17, 15) is 5.21 Å². The average Bonchev–Trinajstić information content (AvgIpc) is 2.72. The van der Waals surface area contributed by atoms with Crippen molar-refractivity contribution in [3.05, 3.63) is 0 Å². The second-order valence-electron chi connectivity index (χ2n) is 2.84. The molecule has 0 atom stereocenters. The quantitative estimate of drug-likeness (QED) is 0.367. The SMILES string of the molecule is CCCCNN(O)SC1CC1. The molecule has 0 heterocycles. The van der Waals surface area contributed by atoms with Gasteiger partial charge in [-0.05, 0) is 31.2 Å². The third kappa shape index (κ3) is 4.63. The van der Waals surface area contributed by atoms with Crippen molar-refractivity contribution in [3.8, 4) is 0 Å². The molecule has 4 heteroatoms. The highest BCUT2D eigenvalue weighted by Crippen LogP contribution is 2.34. The molecule has 1 rings (SSSR count). The van der Waals surface area contributed by atoms with Crippen molar-refractivity contribution in [1.82, 2.24) is 10.0 Å². The molecule has 0 aromatic rings. The standard InChI is InChI=1S/C7H16N2OS/c1-2-3-6-8-9(10)11-7-4-5-7/h7-8,10H,2-6H2,1H3. The lowest BCUT2D eigenvalue weighted by molar-refractivity contribution is -0.0320. The molecule has 0 spiro atoms. The molecule has 1 aliphatic rings. The zero-order valence-electron chi connectivity index (χ0n) is 6.92. The van der Waals surface area contributed by atoms with Gasteiger partial charge in [-0.15, -0.1) is 0 Å². The molecule has 0 saturated heterocycles. The predicted octanol–water partition coefficient (Wildman–Crippen LogP) is 1.79. The van der Waals surface area contributed by atoms with Gasteiger partial charge in [-0.25, -0.2) is 5.43 Å². The first-order valence-corrected chi connectivity index (χ1v) is 5.06. The second-order valence-corrected chi connectivity index (χ2v) is 4.06. The third-order valence-corrected chi connectivity index (χ3v) is 2.65. The summed E-state index contributed by atoms with van der Waals surface area (Å²) in [7, 11) is 0. The Morgan fingerprint density at radius 3 is 2.91 bits per heavy atom. The van der Waals surface area contributed by atoms with Crippen LogP contribution >= 0.6 is 11.9 Å². The molecule has 0 bridgehead atoms. The Morgan fingerprint density at radius 1 is 1.64 bits per heavy atom. The van der Waals surface area contributed by atoms with Crippen LogP contribution in [0.15, 0.2) is 0 Å². The average molecular weight is 176 g/mol. The van der Waals surface area contributed by atoms with Crippen molar-refractivity contribution in [2.75, 3.05) is 6.54 Å². The van der Waals surface area contributed by atoms with Crippen molar-refractivity contribution in [2.24, 2.45) is 0 Å². The van der Waals surface area contributed by atoms with Crippen molar-refractivity contribution >= 4 is 11.9 Å². The van der Waals surface area contributed by atoms with Crippen molar-refractivity contribution in [3.63, 3.8) is 0 Å². The maximum atomic E-state index is 9.17. The van der Waals surface area contributed by atoms with E-state index in [2.05, 4.69) is 12.3 Å². The predicted molar refractivity (Wildman–Crippen MR) is 47.1 cm³/mol. The molecule has 0 aromatic carbocycles. The molecule has 1 fully saturated rings. The minimum Gasteiger partial charge on any atom is -0.289 e. The number of nitrogens with one attached hydrogen (secondary N) is 1. The van der Waals surface area contributed by atoms with E-state index in [0.29, 0.717) is 5.25 Å². The summed E-state index contributed by atoms with van der Waals surface area (Å²) in [6.45, 7) is 3.00. The first kappa shape index (κ1) is 9.32. The third-order valence-electron chi connectivity index (χ3n) is 1.55. The summed E-state index contributed by atoms with van der Waals surface area (Å²) in [5.41, 5.74) is 2.91. The van der Waals surface area contributed by atoms with Gasteiger partial charge in [0.25, 0.3) is 0 Å². The minimum atomic E-state index is 0.661. The number of hydrogen-bond acceptors (Lipinski definition) is 4. The van der Waals surface area contributed by atoms with Crippen molar-refractivity contribution < 1.29 is 5.21 Å². The van der Waals surface area contributed by atoms with Gasteiger partial charge in [0.1, 0.15) is 0 Å². The second kappa shape index (κ2) is 4.98. The Bertz CT molecular complexity index is 109. The summed E-state index contributed by atoms with van der Waals surface area (Å²) in [6.07, 6.45) is 4.77. The van der Waals surface area contributed by atoms with E-state index in [1.165, 1.54) is 24.8 Å². The molecule has 66 valence electrons. The summed E-state index contributed by atoms with van der Waals surface area (Å²) in [5, 5.41) is 9.83. The minimum absolute atomic E-state index is 0.661. The van der Waals surface area contributed by atoms with E-state index in [1.807, 2.05) is 0 Å². The molecule has 2 N–H and O–H groups in total. The van der Waals surface area contributed by atoms with Crippen LogP contribution < -0.4 is 5.43 Å². The summed E-state index contributed by atoms with van der Waals surface area (Å²) in [6, 6.07) is 0. The highest BCUT2D eigenvalue weighted by atomic mass is 32.2. The molecular formula is C7H16N2OS. The molecule has 11 heavy (non-hydrogen) atoms. The van der Waals surface area contributed by atoms with Crippen LogP contribution in [0.2, 0.25) is 0 Å². The van der Waals surface area contributed by atoms with Crippen molar-refractivity contribution in [1.29, 1.82) is 0 Å². The molecule has 1 saturated carbocycles. The fourth-order valence-corrected chi connectivity index (χ4v) is 1.50. The van der Waals surface area contributed by atoms with Gasteiger partial charge in [0.2, 0.25) is 0 Å². The van der Waals surface area contributed by atoms with Gasteiger partial charge in [0.15, 0.2) is 0 Å². The molecule has 1 aliphatic carbocycles. The van der Waals surface area contributed by atoms with Crippen LogP contribution in [0.1, 0.15) is 32.6 Å². The molecule has 3 nitrogen and oxygen atoms in total. The Labute approximate surface area is 72.2 Å². The van der Waals surface area contributed by atoms with Gasteiger partial charge in [-0.1, -0.05) is 17.9 Å². The lowest BCUT2D eigenvalue weighted by Crippen LogP contribution is -2.30. The van der Waals surface area contributed by atoms with Crippen LogP contribution in [-0.2, 0) is 0 Å². The topological polar surface area (TPSA) is 35.5 Å². The number of rotatable bonds is 6. The molecular weight excluding hydrogens is 160 g/mol. The van der Waals surface area contributed by atoms with E-state index in [4.69, 9.17) is 0 Å². The van der Waals surface area contributed by atoms with Gasteiger partial charge in [-0.3, -0.25) is 5.21 Å². The van der Waals surface area contributed by atoms with Gasteiger partial charge < -0.3 is 0 Å². The van der Waals surface area contributed by atoms with Gasteiger partial charge in [0, 0.05) is 11.8 Å². The smallest absolute Gasteiger partial charge is 0.0232 e. The maximum absolute atomic E-state index is 9.17. The summed E-state index contributed by atoms with van der Waals surface area (Å²) in [5.74, 6) is 0. The number of nitrogens with zero attached hydrogens (tertiary/aromatic N) is 1. The highest BCUT2D eigenvalue weighted by Gasteiger charge is 2.24. The molecule has 0 radical (unpaired) electrons. The van der Waals surface area contributed by atoms with Crippen LogP contribution in [0.5, 0.6) is 0 Å². The van der Waals surface area contributed by atoms with E-state index in [0.717, 1.165) is 24.0 Å². The zero-order chi connectivity index (χ0) is 8.10. The van der Waals surface area contributed by atoms with E-state index in [1.54, 1.807) is 0 Å². The van der Waals surface area contributed by atoms with Crippen LogP contribution in [0.4, 0.5) is 0 Å². The Hall–Kier alpha value is 0.230. The monoisotopic (exact) mass is 176 g/mol. The highest BCUT2D eigenvalue weighted by molar-refractivity contribution is 7.97.